The summed E-state index contributed by atoms with van der Waals surface area (Å²) in [6.07, 6.45) is 3.03. The number of nitrogens with one attached hydrogen (secondary N) is 1. The number of carbonyl (C=O) groups excluding carboxylic acids is 2. The van der Waals surface area contributed by atoms with E-state index >= 15 is 0 Å². The van der Waals surface area contributed by atoms with E-state index in [2.05, 4.69) is 15.3 Å². The number of Topliss-reactive ketones (excluding diaryl/α,β-unsaturated/α-hetero) is 1. The molecular formula is C23H19N5O4. The minimum Gasteiger partial charge on any atom is -0.325 e. The van der Waals surface area contributed by atoms with Gasteiger partial charge in [0.15, 0.2) is 11.3 Å². The summed E-state index contributed by atoms with van der Waals surface area (Å²) in [4.78, 5) is 58.5. The highest BCUT2D eigenvalue weighted by molar-refractivity contribution is 5.95. The van der Waals surface area contributed by atoms with Gasteiger partial charge in [0.1, 0.15) is 6.54 Å². The molecule has 3 heterocycles. The van der Waals surface area contributed by atoms with Crippen molar-refractivity contribution in [1.82, 2.24) is 19.1 Å². The molecule has 0 unspecified atom stereocenters. The van der Waals surface area contributed by atoms with Crippen molar-refractivity contribution in [2.75, 3.05) is 5.32 Å². The topological polar surface area (TPSA) is 116 Å². The maximum absolute atomic E-state index is 13.2. The van der Waals surface area contributed by atoms with Crippen molar-refractivity contribution >= 4 is 28.4 Å². The fourth-order valence-electron chi connectivity index (χ4n) is 3.32. The summed E-state index contributed by atoms with van der Waals surface area (Å²) >= 11 is 0. The minimum absolute atomic E-state index is 0.0425. The minimum atomic E-state index is -0.636. The third-order valence-electron chi connectivity index (χ3n) is 4.91. The quantitative estimate of drug-likeness (QED) is 0.468. The Morgan fingerprint density at radius 2 is 1.66 bits per heavy atom. The summed E-state index contributed by atoms with van der Waals surface area (Å²) in [5, 5.41) is 2.70. The van der Waals surface area contributed by atoms with Crippen molar-refractivity contribution < 1.29 is 9.59 Å². The van der Waals surface area contributed by atoms with Crippen LogP contribution in [0.4, 0.5) is 5.69 Å². The van der Waals surface area contributed by atoms with E-state index in [-0.39, 0.29) is 29.9 Å². The monoisotopic (exact) mass is 429 g/mol. The lowest BCUT2D eigenvalue weighted by atomic mass is 10.1. The first-order chi connectivity index (χ1) is 15.4. The van der Waals surface area contributed by atoms with Gasteiger partial charge in [0.25, 0.3) is 5.56 Å². The number of hydrogen-bond acceptors (Lipinski definition) is 6. The van der Waals surface area contributed by atoms with Crippen molar-refractivity contribution in [3.05, 3.63) is 99.1 Å². The van der Waals surface area contributed by atoms with Gasteiger partial charge in [0.05, 0.1) is 17.8 Å². The molecule has 9 nitrogen and oxygen atoms in total. The molecule has 9 heteroatoms. The van der Waals surface area contributed by atoms with Gasteiger partial charge in [-0.3, -0.25) is 28.5 Å². The SMILES string of the molecule is CC(=O)c1ccc(NC(=O)Cn2c(=O)n(Cc3ccccn3)c(=O)c3ncccc32)cc1. The molecular weight excluding hydrogens is 410 g/mol. The number of hydrogen-bond donors (Lipinski definition) is 1. The number of ketones is 1. The van der Waals surface area contributed by atoms with Crippen LogP contribution in [0, 0.1) is 0 Å². The van der Waals surface area contributed by atoms with Crippen molar-refractivity contribution in [2.45, 2.75) is 20.0 Å². The number of pyridine rings is 2. The molecule has 0 spiro atoms. The molecule has 0 atom stereocenters. The second kappa shape index (κ2) is 8.76. The van der Waals surface area contributed by atoms with Crippen molar-refractivity contribution in [2.24, 2.45) is 0 Å². The van der Waals surface area contributed by atoms with E-state index in [9.17, 15) is 19.2 Å². The Morgan fingerprint density at radius 1 is 0.906 bits per heavy atom. The van der Waals surface area contributed by atoms with E-state index in [0.29, 0.717) is 16.9 Å². The lowest BCUT2D eigenvalue weighted by molar-refractivity contribution is -0.116. The summed E-state index contributed by atoms with van der Waals surface area (Å²) in [5.41, 5.74) is 0.707. The van der Waals surface area contributed by atoms with Crippen LogP contribution in [-0.4, -0.2) is 30.8 Å². The number of fused-ring (bicyclic) bond motifs is 1. The van der Waals surface area contributed by atoms with Gasteiger partial charge in [0.2, 0.25) is 5.91 Å². The number of carbonyl (C=O) groups is 2. The first-order valence-corrected chi connectivity index (χ1v) is 9.83. The average molecular weight is 429 g/mol. The Hall–Kier alpha value is -4.40. The zero-order valence-corrected chi connectivity index (χ0v) is 17.2. The summed E-state index contributed by atoms with van der Waals surface area (Å²) in [7, 11) is 0. The summed E-state index contributed by atoms with van der Waals surface area (Å²) in [6.45, 7) is 1.09. The summed E-state index contributed by atoms with van der Waals surface area (Å²) in [6, 6.07) is 14.8. The van der Waals surface area contributed by atoms with Gasteiger partial charge in [-0.2, -0.15) is 0 Å². The molecule has 4 aromatic rings. The van der Waals surface area contributed by atoms with Gasteiger partial charge < -0.3 is 5.32 Å². The maximum atomic E-state index is 13.2. The van der Waals surface area contributed by atoms with E-state index in [1.54, 1.807) is 60.8 Å². The number of anilines is 1. The summed E-state index contributed by atoms with van der Waals surface area (Å²) < 4.78 is 2.23. The van der Waals surface area contributed by atoms with Gasteiger partial charge in [-0.15, -0.1) is 0 Å². The maximum Gasteiger partial charge on any atom is 0.332 e. The van der Waals surface area contributed by atoms with Gasteiger partial charge in [-0.05, 0) is 55.5 Å². The molecule has 0 aliphatic rings. The molecule has 0 aliphatic heterocycles. The number of aromatic nitrogens is 4. The molecule has 0 saturated carbocycles. The normalized spacial score (nSPS) is 10.8. The van der Waals surface area contributed by atoms with E-state index < -0.39 is 17.2 Å². The molecule has 4 rings (SSSR count). The first-order valence-electron chi connectivity index (χ1n) is 9.83. The van der Waals surface area contributed by atoms with Crippen LogP contribution >= 0.6 is 0 Å². The number of rotatable bonds is 6. The van der Waals surface area contributed by atoms with E-state index in [0.717, 1.165) is 4.57 Å². The van der Waals surface area contributed by atoms with Crippen molar-refractivity contribution in [3.8, 4) is 0 Å². The molecule has 0 saturated heterocycles. The van der Waals surface area contributed by atoms with E-state index in [1.807, 2.05) is 0 Å². The number of nitrogens with zero attached hydrogens (tertiary/aromatic N) is 4. The van der Waals surface area contributed by atoms with Gasteiger partial charge in [0, 0.05) is 23.6 Å². The van der Waals surface area contributed by atoms with Crippen molar-refractivity contribution in [3.63, 3.8) is 0 Å². The largest absolute Gasteiger partial charge is 0.332 e. The van der Waals surface area contributed by atoms with Gasteiger partial charge in [-0.1, -0.05) is 6.07 Å². The predicted molar refractivity (Wildman–Crippen MR) is 119 cm³/mol. The van der Waals surface area contributed by atoms with Crippen LogP contribution in [0.2, 0.25) is 0 Å². The average Bonchev–Trinajstić information content (AvgIpc) is 2.80. The Morgan fingerprint density at radius 3 is 2.34 bits per heavy atom. The van der Waals surface area contributed by atoms with Crippen LogP contribution < -0.4 is 16.6 Å². The molecule has 0 aliphatic carbocycles. The molecule has 32 heavy (non-hydrogen) atoms. The molecule has 0 bridgehead atoms. The van der Waals surface area contributed by atoms with Crippen LogP contribution in [0.15, 0.2) is 76.6 Å². The zero-order chi connectivity index (χ0) is 22.7. The van der Waals surface area contributed by atoms with Crippen LogP contribution in [-0.2, 0) is 17.9 Å². The summed E-state index contributed by atoms with van der Waals surface area (Å²) in [5.74, 6) is -0.542. The van der Waals surface area contributed by atoms with Crippen LogP contribution in [0.3, 0.4) is 0 Å². The van der Waals surface area contributed by atoms with E-state index in [1.165, 1.54) is 17.7 Å². The molecule has 1 N–H and O–H groups in total. The van der Waals surface area contributed by atoms with Gasteiger partial charge in [-0.25, -0.2) is 9.78 Å². The molecule has 160 valence electrons. The fraction of sp³-hybridized carbons (Fsp3) is 0.130. The lowest BCUT2D eigenvalue weighted by Crippen LogP contribution is -2.42. The lowest BCUT2D eigenvalue weighted by Gasteiger charge is -2.13. The molecule has 1 aromatic carbocycles. The van der Waals surface area contributed by atoms with Crippen LogP contribution in [0.25, 0.3) is 11.0 Å². The first kappa shape index (κ1) is 20.9. The predicted octanol–water partition coefficient (Wildman–Crippen LogP) is 1.84. The zero-order valence-electron chi connectivity index (χ0n) is 17.2. The van der Waals surface area contributed by atoms with Crippen LogP contribution in [0.5, 0.6) is 0 Å². The molecule has 0 radical (unpaired) electrons. The Labute approximate surface area is 182 Å². The molecule has 3 aromatic heterocycles. The fourth-order valence-corrected chi connectivity index (χ4v) is 3.32. The third-order valence-corrected chi connectivity index (χ3v) is 4.91. The second-order valence-electron chi connectivity index (χ2n) is 7.13. The highest BCUT2D eigenvalue weighted by Gasteiger charge is 2.17. The standard InChI is InChI=1S/C23H19N5O4/c1-15(29)16-7-9-17(10-8-16)26-20(30)14-27-19-6-4-12-25-21(19)22(31)28(23(27)32)13-18-5-2-3-11-24-18/h2-12H,13-14H2,1H3,(H,26,30). The Kier molecular flexibility index (Phi) is 5.71. The van der Waals surface area contributed by atoms with E-state index in [4.69, 9.17) is 0 Å². The number of amides is 1. The van der Waals surface area contributed by atoms with Crippen molar-refractivity contribution in [1.29, 1.82) is 0 Å². The smallest absolute Gasteiger partial charge is 0.325 e. The Balaban J connectivity index is 1.69. The highest BCUT2D eigenvalue weighted by atomic mass is 16.2. The number of benzene rings is 1. The molecule has 0 fully saturated rings. The molecule has 1 amide bonds. The van der Waals surface area contributed by atoms with Gasteiger partial charge >= 0.3 is 5.69 Å². The second-order valence-corrected chi connectivity index (χ2v) is 7.13. The Bertz CT molecular complexity index is 1420. The van der Waals surface area contributed by atoms with Crippen LogP contribution in [0.1, 0.15) is 23.0 Å². The highest BCUT2D eigenvalue weighted by Crippen LogP contribution is 2.11. The third kappa shape index (κ3) is 4.22.